The molecule has 0 bridgehead atoms. The van der Waals surface area contributed by atoms with Crippen molar-refractivity contribution in [2.75, 3.05) is 13.2 Å². The Balaban J connectivity index is 1.75. The van der Waals surface area contributed by atoms with Gasteiger partial charge in [-0.2, -0.15) is 0 Å². The number of ether oxygens (including phenoxy) is 3. The first-order valence-electron chi connectivity index (χ1n) is 9.58. The molecule has 8 nitrogen and oxygen atoms in total. The van der Waals surface area contributed by atoms with Crippen molar-refractivity contribution in [2.45, 2.75) is 13.8 Å². The molecule has 3 rings (SSSR count). The van der Waals surface area contributed by atoms with Crippen LogP contribution in [0.3, 0.4) is 0 Å². The molecule has 1 heterocycles. The number of carbonyl (C=O) groups excluding carboxylic acids is 2. The molecule has 0 unspecified atom stereocenters. The third kappa shape index (κ3) is 5.30. The molecule has 2 N–H and O–H groups in total. The summed E-state index contributed by atoms with van der Waals surface area (Å²) < 4.78 is 21.4. The lowest BCUT2D eigenvalue weighted by molar-refractivity contribution is -0.128. The highest BCUT2D eigenvalue weighted by molar-refractivity contribution is 5.95. The largest absolute Gasteiger partial charge is 0.490 e. The van der Waals surface area contributed by atoms with Crippen molar-refractivity contribution < 1.29 is 28.2 Å². The zero-order valence-electron chi connectivity index (χ0n) is 17.0. The summed E-state index contributed by atoms with van der Waals surface area (Å²) in [5, 5.41) is 0.474. The highest BCUT2D eigenvalue weighted by Crippen LogP contribution is 2.29. The molecule has 8 heteroatoms. The topological polar surface area (TPSA) is 118 Å². The van der Waals surface area contributed by atoms with Gasteiger partial charge in [0.15, 0.2) is 11.5 Å². The van der Waals surface area contributed by atoms with Crippen LogP contribution < -0.4 is 25.6 Å². The van der Waals surface area contributed by atoms with Crippen molar-refractivity contribution in [3.05, 3.63) is 70.1 Å². The Labute approximate surface area is 177 Å². The summed E-state index contributed by atoms with van der Waals surface area (Å²) in [6.07, 6.45) is 2.85. The molecule has 0 saturated carbocycles. The monoisotopic (exact) mass is 423 g/mol. The lowest BCUT2D eigenvalue weighted by Gasteiger charge is -2.11. The van der Waals surface area contributed by atoms with Gasteiger partial charge in [0.05, 0.1) is 13.2 Å². The van der Waals surface area contributed by atoms with Crippen molar-refractivity contribution in [3.8, 4) is 17.2 Å². The minimum Gasteiger partial charge on any atom is -0.490 e. The third-order valence-corrected chi connectivity index (χ3v) is 4.17. The summed E-state index contributed by atoms with van der Waals surface area (Å²) in [6, 6.07) is 11.1. The molecule has 3 aromatic rings. The molecule has 0 fully saturated rings. The van der Waals surface area contributed by atoms with Gasteiger partial charge in [-0.1, -0.05) is 6.07 Å². The summed E-state index contributed by atoms with van der Waals surface area (Å²) in [5.41, 5.74) is 4.93. The van der Waals surface area contributed by atoms with Gasteiger partial charge < -0.3 is 24.4 Å². The molecule has 160 valence electrons. The van der Waals surface area contributed by atoms with Gasteiger partial charge in [0.25, 0.3) is 5.91 Å². The average molecular weight is 423 g/mol. The molecular formula is C23H21NO7. The van der Waals surface area contributed by atoms with Crippen LogP contribution in [0.4, 0.5) is 0 Å². The molecule has 31 heavy (non-hydrogen) atoms. The number of rotatable bonds is 8. The summed E-state index contributed by atoms with van der Waals surface area (Å²) in [6.45, 7) is 4.75. The SMILES string of the molecule is CCOc1ccc(/C=C/C(=O)Oc2ccc3cc(C(N)=O)c(=O)oc3c2)cc1OCC. The quantitative estimate of drug-likeness (QED) is 0.256. The molecule has 0 aliphatic heterocycles. The van der Waals surface area contributed by atoms with Crippen molar-refractivity contribution in [1.82, 2.24) is 0 Å². The zero-order chi connectivity index (χ0) is 22.4. The predicted molar refractivity (Wildman–Crippen MR) is 114 cm³/mol. The second-order valence-electron chi connectivity index (χ2n) is 6.34. The fourth-order valence-electron chi connectivity index (χ4n) is 2.81. The summed E-state index contributed by atoms with van der Waals surface area (Å²) in [4.78, 5) is 35.2. The fourth-order valence-corrected chi connectivity index (χ4v) is 2.81. The van der Waals surface area contributed by atoms with Crippen LogP contribution >= 0.6 is 0 Å². The Morgan fingerprint density at radius 2 is 1.74 bits per heavy atom. The molecule has 1 aromatic heterocycles. The van der Waals surface area contributed by atoms with Gasteiger partial charge >= 0.3 is 11.6 Å². The van der Waals surface area contributed by atoms with Crippen molar-refractivity contribution in [2.24, 2.45) is 5.73 Å². The summed E-state index contributed by atoms with van der Waals surface area (Å²) in [5.74, 6) is -0.111. The molecule has 0 radical (unpaired) electrons. The first kappa shape index (κ1) is 21.6. The van der Waals surface area contributed by atoms with Crippen LogP contribution in [0, 0.1) is 0 Å². The van der Waals surface area contributed by atoms with Crippen LogP contribution in [0.2, 0.25) is 0 Å². The smallest absolute Gasteiger partial charge is 0.349 e. The number of hydrogen-bond donors (Lipinski definition) is 1. The number of benzene rings is 2. The molecule has 0 aliphatic rings. The Kier molecular flexibility index (Phi) is 6.71. The first-order chi connectivity index (χ1) is 14.9. The van der Waals surface area contributed by atoms with E-state index in [0.717, 1.165) is 5.56 Å². The van der Waals surface area contributed by atoms with Crippen LogP contribution in [0.15, 0.2) is 57.8 Å². The van der Waals surface area contributed by atoms with E-state index in [1.807, 2.05) is 13.8 Å². The Morgan fingerprint density at radius 1 is 1.00 bits per heavy atom. The Bertz CT molecular complexity index is 1210. The summed E-state index contributed by atoms with van der Waals surface area (Å²) >= 11 is 0. The van der Waals surface area contributed by atoms with E-state index in [1.54, 1.807) is 30.3 Å². The highest BCUT2D eigenvalue weighted by Gasteiger charge is 2.12. The fraction of sp³-hybridized carbons (Fsp3) is 0.174. The van der Waals surface area contributed by atoms with Gasteiger partial charge in [-0.25, -0.2) is 9.59 Å². The van der Waals surface area contributed by atoms with Crippen molar-refractivity contribution in [1.29, 1.82) is 0 Å². The van der Waals surface area contributed by atoms with Crippen LogP contribution in [0.25, 0.3) is 17.0 Å². The molecule has 2 aromatic carbocycles. The number of esters is 1. The maximum Gasteiger partial charge on any atom is 0.349 e. The number of amides is 1. The van der Waals surface area contributed by atoms with Crippen LogP contribution in [-0.4, -0.2) is 25.1 Å². The molecule has 0 aliphatic carbocycles. The Morgan fingerprint density at radius 3 is 2.45 bits per heavy atom. The minimum atomic E-state index is -0.877. The van der Waals surface area contributed by atoms with Gasteiger partial charge in [0.2, 0.25) is 0 Å². The van der Waals surface area contributed by atoms with E-state index < -0.39 is 17.5 Å². The molecular weight excluding hydrogens is 402 g/mol. The second kappa shape index (κ2) is 9.62. The van der Waals surface area contributed by atoms with E-state index in [4.69, 9.17) is 24.4 Å². The van der Waals surface area contributed by atoms with Crippen molar-refractivity contribution in [3.63, 3.8) is 0 Å². The van der Waals surface area contributed by atoms with Crippen LogP contribution in [0.1, 0.15) is 29.8 Å². The van der Waals surface area contributed by atoms with E-state index in [-0.39, 0.29) is 16.9 Å². The van der Waals surface area contributed by atoms with Crippen LogP contribution in [0.5, 0.6) is 17.2 Å². The maximum atomic E-state index is 12.2. The lowest BCUT2D eigenvalue weighted by atomic mass is 10.1. The zero-order valence-corrected chi connectivity index (χ0v) is 17.0. The van der Waals surface area contributed by atoms with Crippen LogP contribution in [-0.2, 0) is 4.79 Å². The lowest BCUT2D eigenvalue weighted by Crippen LogP contribution is -2.20. The Hall–Kier alpha value is -4.07. The predicted octanol–water partition coefficient (Wildman–Crippen LogP) is 3.31. The molecule has 1 amide bonds. The van der Waals surface area contributed by atoms with E-state index in [2.05, 4.69) is 0 Å². The molecule has 0 saturated heterocycles. The number of fused-ring (bicyclic) bond motifs is 1. The molecule has 0 atom stereocenters. The van der Waals surface area contributed by atoms with E-state index in [0.29, 0.717) is 30.1 Å². The number of carbonyl (C=O) groups is 2. The molecule has 0 spiro atoms. The van der Waals surface area contributed by atoms with Gasteiger partial charge in [-0.15, -0.1) is 0 Å². The average Bonchev–Trinajstić information content (AvgIpc) is 2.73. The highest BCUT2D eigenvalue weighted by atomic mass is 16.5. The van der Waals surface area contributed by atoms with Gasteiger partial charge in [0, 0.05) is 17.5 Å². The minimum absolute atomic E-state index is 0.164. The van der Waals surface area contributed by atoms with E-state index in [9.17, 15) is 14.4 Å². The van der Waals surface area contributed by atoms with E-state index in [1.165, 1.54) is 24.3 Å². The second-order valence-corrected chi connectivity index (χ2v) is 6.34. The number of nitrogens with two attached hydrogens (primary N) is 1. The number of primary amides is 1. The third-order valence-electron chi connectivity index (χ3n) is 4.17. The maximum absolute atomic E-state index is 12.2. The van der Waals surface area contributed by atoms with Crippen molar-refractivity contribution >= 4 is 28.9 Å². The summed E-state index contributed by atoms with van der Waals surface area (Å²) in [7, 11) is 0. The first-order valence-corrected chi connectivity index (χ1v) is 9.58. The van der Waals surface area contributed by atoms with Gasteiger partial charge in [0.1, 0.15) is 16.9 Å². The number of hydrogen-bond acceptors (Lipinski definition) is 7. The normalized spacial score (nSPS) is 10.9. The standard InChI is InChI=1S/C23H21NO7/c1-3-28-18-9-5-14(11-20(18)29-4-2)6-10-21(25)30-16-8-7-15-12-17(22(24)26)23(27)31-19(15)13-16/h5-13H,3-4H2,1-2H3,(H2,24,26)/b10-6+. The van der Waals surface area contributed by atoms with Gasteiger partial charge in [-0.05, 0) is 55.8 Å². The van der Waals surface area contributed by atoms with E-state index >= 15 is 0 Å². The van der Waals surface area contributed by atoms with Gasteiger partial charge in [-0.3, -0.25) is 4.79 Å².